The molecule has 1 atom stereocenters. The van der Waals surface area contributed by atoms with Crippen molar-refractivity contribution in [3.63, 3.8) is 0 Å². The first-order valence-electron chi connectivity index (χ1n) is 6.10. The highest BCUT2D eigenvalue weighted by atomic mass is 16.3. The fourth-order valence-electron chi connectivity index (χ4n) is 1.98. The summed E-state index contributed by atoms with van der Waals surface area (Å²) in [5.41, 5.74) is -0.716. The number of hydrogen-bond acceptors (Lipinski definition) is 3. The molecular formula is C14H21NO3. The average molecular weight is 251 g/mol. The third-order valence-electron chi connectivity index (χ3n) is 2.63. The van der Waals surface area contributed by atoms with Crippen molar-refractivity contribution in [3.05, 3.63) is 29.8 Å². The second-order valence-electron chi connectivity index (χ2n) is 5.29. The van der Waals surface area contributed by atoms with Crippen molar-refractivity contribution in [3.8, 4) is 5.75 Å². The Kier molecular flexibility index (Phi) is 4.73. The number of carbonyl (C=O) groups is 1. The zero-order chi connectivity index (χ0) is 13.8. The molecule has 1 aromatic carbocycles. The number of phenolic OH excluding ortho intramolecular Hbond substituents is 1. The number of aromatic hydroxyl groups is 1. The highest BCUT2D eigenvalue weighted by Crippen LogP contribution is 2.17. The van der Waals surface area contributed by atoms with Gasteiger partial charge >= 0.3 is 0 Å². The van der Waals surface area contributed by atoms with Crippen LogP contribution in [0.1, 0.15) is 37.6 Å². The lowest BCUT2D eigenvalue weighted by atomic mass is 9.94. The fourth-order valence-corrected chi connectivity index (χ4v) is 1.98. The molecule has 0 radical (unpaired) electrons. The molecule has 0 aromatic heterocycles. The molecule has 0 heterocycles. The maximum atomic E-state index is 11.8. The lowest BCUT2D eigenvalue weighted by Gasteiger charge is -2.25. The predicted octanol–water partition coefficient (Wildman–Crippen LogP) is 1.92. The molecular weight excluding hydrogens is 230 g/mol. The van der Waals surface area contributed by atoms with Gasteiger partial charge in [0.25, 0.3) is 5.91 Å². The topological polar surface area (TPSA) is 69.6 Å². The first kappa shape index (κ1) is 14.5. The van der Waals surface area contributed by atoms with Crippen LogP contribution in [0, 0.1) is 5.92 Å². The van der Waals surface area contributed by atoms with E-state index in [4.69, 9.17) is 0 Å². The first-order valence-corrected chi connectivity index (χ1v) is 6.10. The smallest absolute Gasteiger partial charge is 0.255 e. The average Bonchev–Trinajstić information content (AvgIpc) is 2.25. The van der Waals surface area contributed by atoms with Crippen LogP contribution in [0.5, 0.6) is 5.75 Å². The van der Waals surface area contributed by atoms with Gasteiger partial charge in [-0.05, 0) is 31.4 Å². The van der Waals surface area contributed by atoms with Crippen LogP contribution in [0.4, 0.5) is 0 Å². The lowest BCUT2D eigenvalue weighted by molar-refractivity contribution is 0.0368. The van der Waals surface area contributed by atoms with E-state index in [2.05, 4.69) is 5.32 Å². The quantitative estimate of drug-likeness (QED) is 0.748. The van der Waals surface area contributed by atoms with E-state index in [0.717, 1.165) is 0 Å². The van der Waals surface area contributed by atoms with Crippen LogP contribution >= 0.6 is 0 Å². The van der Waals surface area contributed by atoms with E-state index < -0.39 is 5.60 Å². The van der Waals surface area contributed by atoms with Crippen LogP contribution in [0.3, 0.4) is 0 Å². The number of hydrogen-bond donors (Lipinski definition) is 3. The highest BCUT2D eigenvalue weighted by Gasteiger charge is 2.23. The predicted molar refractivity (Wildman–Crippen MR) is 70.5 cm³/mol. The largest absolute Gasteiger partial charge is 0.507 e. The number of phenols is 1. The highest BCUT2D eigenvalue weighted by molar-refractivity contribution is 5.96. The van der Waals surface area contributed by atoms with E-state index in [1.807, 2.05) is 13.8 Å². The van der Waals surface area contributed by atoms with Gasteiger partial charge in [0.05, 0.1) is 11.2 Å². The zero-order valence-electron chi connectivity index (χ0n) is 11.1. The molecule has 0 saturated heterocycles. The van der Waals surface area contributed by atoms with Crippen LogP contribution in [0.2, 0.25) is 0 Å². The SMILES string of the molecule is CC(C)CC(C)(O)CNC(=O)c1ccccc1O. The molecule has 100 valence electrons. The fraction of sp³-hybridized carbons (Fsp3) is 0.500. The van der Waals surface area contributed by atoms with E-state index in [9.17, 15) is 15.0 Å². The molecule has 0 bridgehead atoms. The van der Waals surface area contributed by atoms with E-state index in [-0.39, 0.29) is 23.8 Å². The maximum absolute atomic E-state index is 11.8. The molecule has 0 saturated carbocycles. The van der Waals surface area contributed by atoms with Gasteiger partial charge in [0.15, 0.2) is 0 Å². The third kappa shape index (κ3) is 4.37. The van der Waals surface area contributed by atoms with Crippen molar-refractivity contribution >= 4 is 5.91 Å². The number of carbonyl (C=O) groups excluding carboxylic acids is 1. The Balaban J connectivity index is 2.59. The van der Waals surface area contributed by atoms with Gasteiger partial charge in [-0.15, -0.1) is 0 Å². The Bertz CT molecular complexity index is 413. The molecule has 1 rings (SSSR count). The number of rotatable bonds is 5. The summed E-state index contributed by atoms with van der Waals surface area (Å²) in [6.45, 7) is 5.88. The number of nitrogens with one attached hydrogen (secondary N) is 1. The molecule has 4 heteroatoms. The van der Waals surface area contributed by atoms with Crippen molar-refractivity contribution in [2.45, 2.75) is 32.8 Å². The summed E-state index contributed by atoms with van der Waals surface area (Å²) in [5.74, 6) is -0.0855. The number of aliphatic hydroxyl groups is 1. The van der Waals surface area contributed by atoms with E-state index in [1.165, 1.54) is 6.07 Å². The number of amides is 1. The summed E-state index contributed by atoms with van der Waals surface area (Å²) in [7, 11) is 0. The molecule has 1 aromatic rings. The summed E-state index contributed by atoms with van der Waals surface area (Å²) in [6, 6.07) is 6.34. The minimum atomic E-state index is -0.936. The lowest BCUT2D eigenvalue weighted by Crippen LogP contribution is -2.41. The second kappa shape index (κ2) is 5.87. The van der Waals surface area contributed by atoms with Gasteiger partial charge in [-0.3, -0.25) is 4.79 Å². The summed E-state index contributed by atoms with van der Waals surface area (Å²) in [5, 5.41) is 22.2. The summed E-state index contributed by atoms with van der Waals surface area (Å²) in [6.07, 6.45) is 0.605. The van der Waals surface area contributed by atoms with Gasteiger partial charge in [-0.2, -0.15) is 0 Å². The minimum Gasteiger partial charge on any atom is -0.507 e. The van der Waals surface area contributed by atoms with E-state index in [1.54, 1.807) is 25.1 Å². The molecule has 0 aliphatic carbocycles. The van der Waals surface area contributed by atoms with E-state index >= 15 is 0 Å². The molecule has 0 aliphatic rings. The van der Waals surface area contributed by atoms with Crippen molar-refractivity contribution < 1.29 is 15.0 Å². The molecule has 1 unspecified atom stereocenters. The monoisotopic (exact) mass is 251 g/mol. The standard InChI is InChI=1S/C14H21NO3/c1-10(2)8-14(3,18)9-15-13(17)11-6-4-5-7-12(11)16/h4-7,10,16,18H,8-9H2,1-3H3,(H,15,17). The molecule has 0 aliphatic heterocycles. The van der Waals surface area contributed by atoms with Crippen LogP contribution in [0.25, 0.3) is 0 Å². The molecule has 1 amide bonds. The molecule has 18 heavy (non-hydrogen) atoms. The third-order valence-corrected chi connectivity index (χ3v) is 2.63. The molecule has 3 N–H and O–H groups in total. The van der Waals surface area contributed by atoms with Gasteiger partial charge in [0.2, 0.25) is 0 Å². The van der Waals surface area contributed by atoms with Crippen LogP contribution < -0.4 is 5.32 Å². The van der Waals surface area contributed by atoms with Gasteiger partial charge in [-0.25, -0.2) is 0 Å². The molecule has 0 spiro atoms. The van der Waals surface area contributed by atoms with Crippen molar-refractivity contribution in [1.29, 1.82) is 0 Å². The Morgan fingerprint density at radius 3 is 2.56 bits per heavy atom. The molecule has 0 fully saturated rings. The Labute approximate surface area is 108 Å². The normalized spacial score (nSPS) is 14.3. The van der Waals surface area contributed by atoms with Crippen molar-refractivity contribution in [1.82, 2.24) is 5.32 Å². The second-order valence-corrected chi connectivity index (χ2v) is 5.29. The van der Waals surface area contributed by atoms with Gasteiger partial charge in [0.1, 0.15) is 5.75 Å². The number of benzene rings is 1. The van der Waals surface area contributed by atoms with Crippen LogP contribution in [-0.2, 0) is 0 Å². The summed E-state index contributed by atoms with van der Waals surface area (Å²) in [4.78, 5) is 11.8. The van der Waals surface area contributed by atoms with Crippen molar-refractivity contribution in [2.75, 3.05) is 6.54 Å². The van der Waals surface area contributed by atoms with Gasteiger partial charge in [0, 0.05) is 6.54 Å². The summed E-state index contributed by atoms with van der Waals surface area (Å²) < 4.78 is 0. The van der Waals surface area contributed by atoms with Gasteiger partial charge < -0.3 is 15.5 Å². The summed E-state index contributed by atoms with van der Waals surface area (Å²) >= 11 is 0. The van der Waals surface area contributed by atoms with Crippen LogP contribution in [0.15, 0.2) is 24.3 Å². The van der Waals surface area contributed by atoms with Gasteiger partial charge in [-0.1, -0.05) is 26.0 Å². The first-order chi connectivity index (χ1) is 8.32. The Morgan fingerprint density at radius 1 is 1.39 bits per heavy atom. The van der Waals surface area contributed by atoms with Crippen molar-refractivity contribution in [2.24, 2.45) is 5.92 Å². The maximum Gasteiger partial charge on any atom is 0.255 e. The number of para-hydroxylation sites is 1. The molecule has 4 nitrogen and oxygen atoms in total. The Hall–Kier alpha value is -1.55. The van der Waals surface area contributed by atoms with Crippen LogP contribution in [-0.4, -0.2) is 28.3 Å². The minimum absolute atomic E-state index is 0.0569. The van der Waals surface area contributed by atoms with E-state index in [0.29, 0.717) is 12.3 Å². The zero-order valence-corrected chi connectivity index (χ0v) is 11.1. The Morgan fingerprint density at radius 2 is 2.00 bits per heavy atom.